The van der Waals surface area contributed by atoms with Gasteiger partial charge in [0.15, 0.2) is 5.69 Å². The van der Waals surface area contributed by atoms with Crippen LogP contribution in [-0.2, 0) is 13.1 Å². The first-order chi connectivity index (χ1) is 13.6. The van der Waals surface area contributed by atoms with E-state index in [2.05, 4.69) is 21.4 Å². The third kappa shape index (κ3) is 3.10. The molecule has 1 aliphatic heterocycles. The van der Waals surface area contributed by atoms with Gasteiger partial charge in [-0.3, -0.25) is 9.69 Å². The number of aryl methyl sites for hydroxylation is 1. The summed E-state index contributed by atoms with van der Waals surface area (Å²) in [5.41, 5.74) is 5.20. The van der Waals surface area contributed by atoms with Gasteiger partial charge in [0.25, 0.3) is 5.91 Å². The van der Waals surface area contributed by atoms with Crippen molar-refractivity contribution in [1.82, 2.24) is 14.7 Å². The Kier molecular flexibility index (Phi) is 4.02. The molecule has 3 aromatic rings. The quantitative estimate of drug-likeness (QED) is 0.747. The van der Waals surface area contributed by atoms with Crippen LogP contribution in [0.1, 0.15) is 40.0 Å². The first-order valence-electron chi connectivity index (χ1n) is 9.57. The second-order valence-electron chi connectivity index (χ2n) is 7.61. The van der Waals surface area contributed by atoms with Crippen LogP contribution in [0, 0.1) is 12.7 Å². The van der Waals surface area contributed by atoms with Gasteiger partial charge in [0, 0.05) is 31.0 Å². The maximum Gasteiger partial charge on any atom is 0.276 e. The van der Waals surface area contributed by atoms with E-state index in [1.165, 1.54) is 36.1 Å². The monoisotopic (exact) mass is 376 g/mol. The molecule has 0 bridgehead atoms. The Labute approximate surface area is 162 Å². The van der Waals surface area contributed by atoms with E-state index >= 15 is 0 Å². The predicted molar refractivity (Wildman–Crippen MR) is 105 cm³/mol. The van der Waals surface area contributed by atoms with Crippen molar-refractivity contribution in [3.8, 4) is 5.69 Å². The normalized spacial score (nSPS) is 16.2. The van der Waals surface area contributed by atoms with Crippen molar-refractivity contribution in [2.24, 2.45) is 0 Å². The van der Waals surface area contributed by atoms with Gasteiger partial charge < -0.3 is 5.32 Å². The average Bonchev–Trinajstić information content (AvgIpc) is 3.23. The van der Waals surface area contributed by atoms with E-state index in [-0.39, 0.29) is 11.7 Å². The number of carbonyl (C=O) groups excluding carboxylic acids is 1. The Hall–Kier alpha value is -2.99. The molecule has 5 rings (SSSR count). The van der Waals surface area contributed by atoms with Crippen LogP contribution in [0.4, 0.5) is 10.1 Å². The van der Waals surface area contributed by atoms with Crippen LogP contribution in [0.15, 0.2) is 48.7 Å². The SMILES string of the molecule is Cc1cc(F)ccc1-n1ccc(C(=O)Nc2cccc3c2CN(C2CC2)C3)n1. The zero-order valence-corrected chi connectivity index (χ0v) is 15.7. The first-order valence-corrected chi connectivity index (χ1v) is 9.57. The summed E-state index contributed by atoms with van der Waals surface area (Å²) in [6, 6.07) is 13.0. The minimum atomic E-state index is -0.287. The Balaban J connectivity index is 1.36. The first kappa shape index (κ1) is 17.1. The summed E-state index contributed by atoms with van der Waals surface area (Å²) in [4.78, 5) is 15.2. The lowest BCUT2D eigenvalue weighted by Crippen LogP contribution is -2.19. The summed E-state index contributed by atoms with van der Waals surface area (Å²) in [5.74, 6) is -0.527. The highest BCUT2D eigenvalue weighted by Crippen LogP contribution is 2.37. The van der Waals surface area contributed by atoms with Crippen molar-refractivity contribution in [1.29, 1.82) is 0 Å². The molecule has 2 aromatic carbocycles. The Morgan fingerprint density at radius 2 is 2.04 bits per heavy atom. The molecule has 142 valence electrons. The second kappa shape index (κ2) is 6.56. The predicted octanol–water partition coefficient (Wildman–Crippen LogP) is 4.05. The van der Waals surface area contributed by atoms with E-state index in [0.717, 1.165) is 30.0 Å². The van der Waals surface area contributed by atoms with E-state index in [1.54, 1.807) is 23.0 Å². The molecule has 1 aliphatic carbocycles. The Morgan fingerprint density at radius 1 is 1.18 bits per heavy atom. The minimum Gasteiger partial charge on any atom is -0.320 e. The number of halogens is 1. The van der Waals surface area contributed by atoms with Gasteiger partial charge in [0.05, 0.1) is 5.69 Å². The van der Waals surface area contributed by atoms with Gasteiger partial charge in [0.2, 0.25) is 0 Å². The molecule has 0 saturated heterocycles. The molecule has 0 atom stereocenters. The number of aromatic nitrogens is 2. The lowest BCUT2D eigenvalue weighted by atomic mass is 10.1. The highest BCUT2D eigenvalue weighted by atomic mass is 19.1. The van der Waals surface area contributed by atoms with Crippen LogP contribution in [-0.4, -0.2) is 26.6 Å². The molecule has 0 unspecified atom stereocenters. The molecule has 0 spiro atoms. The molecule has 1 saturated carbocycles. The molecule has 2 aliphatic rings. The zero-order valence-electron chi connectivity index (χ0n) is 15.7. The largest absolute Gasteiger partial charge is 0.320 e. The summed E-state index contributed by atoms with van der Waals surface area (Å²) in [6.07, 6.45) is 4.27. The van der Waals surface area contributed by atoms with Gasteiger partial charge >= 0.3 is 0 Å². The van der Waals surface area contributed by atoms with E-state index in [0.29, 0.717) is 11.7 Å². The smallest absolute Gasteiger partial charge is 0.276 e. The number of nitrogens with zero attached hydrogens (tertiary/aromatic N) is 3. The fourth-order valence-corrected chi connectivity index (χ4v) is 3.90. The minimum absolute atomic E-state index is 0.239. The molecule has 1 aromatic heterocycles. The van der Waals surface area contributed by atoms with Crippen molar-refractivity contribution >= 4 is 11.6 Å². The Morgan fingerprint density at radius 3 is 2.82 bits per heavy atom. The molecule has 0 radical (unpaired) electrons. The average molecular weight is 376 g/mol. The molecular formula is C22H21FN4O. The molecule has 6 heteroatoms. The second-order valence-corrected chi connectivity index (χ2v) is 7.61. The maximum absolute atomic E-state index is 13.3. The molecular weight excluding hydrogens is 355 g/mol. The topological polar surface area (TPSA) is 50.2 Å². The number of anilines is 1. The van der Waals surface area contributed by atoms with Gasteiger partial charge in [-0.15, -0.1) is 0 Å². The van der Waals surface area contributed by atoms with Crippen molar-refractivity contribution in [2.75, 3.05) is 5.32 Å². The number of rotatable bonds is 4. The van der Waals surface area contributed by atoms with Crippen molar-refractivity contribution in [3.05, 3.63) is 76.9 Å². The third-order valence-corrected chi connectivity index (χ3v) is 5.55. The van der Waals surface area contributed by atoms with E-state index in [4.69, 9.17) is 0 Å². The highest BCUT2D eigenvalue weighted by Gasteiger charge is 2.34. The van der Waals surface area contributed by atoms with E-state index in [9.17, 15) is 9.18 Å². The van der Waals surface area contributed by atoms with Gasteiger partial charge in [-0.1, -0.05) is 12.1 Å². The van der Waals surface area contributed by atoms with Crippen LogP contribution in [0.25, 0.3) is 5.69 Å². The zero-order chi connectivity index (χ0) is 19.3. The summed E-state index contributed by atoms with van der Waals surface area (Å²) < 4.78 is 14.9. The standard InChI is InChI=1S/C22H21FN4O/c1-14-11-16(23)5-8-21(14)27-10-9-20(25-27)22(28)24-19-4-2-3-15-12-26(13-18(15)19)17-6-7-17/h2-5,8-11,17H,6-7,12-13H2,1H3,(H,24,28). The summed E-state index contributed by atoms with van der Waals surface area (Å²) in [7, 11) is 0. The van der Waals surface area contributed by atoms with Crippen LogP contribution < -0.4 is 5.32 Å². The Bertz CT molecular complexity index is 1070. The van der Waals surface area contributed by atoms with Crippen LogP contribution >= 0.6 is 0 Å². The van der Waals surface area contributed by atoms with Gasteiger partial charge in [-0.25, -0.2) is 9.07 Å². The lowest BCUT2D eigenvalue weighted by molar-refractivity contribution is 0.102. The van der Waals surface area contributed by atoms with Crippen LogP contribution in [0.2, 0.25) is 0 Å². The fourth-order valence-electron chi connectivity index (χ4n) is 3.90. The van der Waals surface area contributed by atoms with Crippen molar-refractivity contribution in [2.45, 2.75) is 38.9 Å². The van der Waals surface area contributed by atoms with Crippen molar-refractivity contribution in [3.63, 3.8) is 0 Å². The molecule has 1 N–H and O–H groups in total. The lowest BCUT2D eigenvalue weighted by Gasteiger charge is -2.13. The summed E-state index contributed by atoms with van der Waals surface area (Å²) in [6.45, 7) is 3.67. The number of hydrogen-bond acceptors (Lipinski definition) is 3. The van der Waals surface area contributed by atoms with E-state index in [1.807, 2.05) is 19.1 Å². The van der Waals surface area contributed by atoms with Crippen LogP contribution in [0.3, 0.4) is 0 Å². The maximum atomic E-state index is 13.3. The van der Waals surface area contributed by atoms with Gasteiger partial charge in [-0.2, -0.15) is 5.10 Å². The van der Waals surface area contributed by atoms with Gasteiger partial charge in [-0.05, 0) is 66.8 Å². The molecule has 28 heavy (non-hydrogen) atoms. The molecule has 5 nitrogen and oxygen atoms in total. The summed E-state index contributed by atoms with van der Waals surface area (Å²) >= 11 is 0. The highest BCUT2D eigenvalue weighted by molar-refractivity contribution is 6.03. The third-order valence-electron chi connectivity index (χ3n) is 5.55. The molecule has 1 fully saturated rings. The molecule has 1 amide bonds. The number of amides is 1. The summed E-state index contributed by atoms with van der Waals surface area (Å²) in [5, 5.41) is 7.41. The van der Waals surface area contributed by atoms with Gasteiger partial charge in [0.1, 0.15) is 5.82 Å². The number of nitrogens with one attached hydrogen (secondary N) is 1. The number of benzene rings is 2. The number of carbonyl (C=O) groups is 1. The number of hydrogen-bond donors (Lipinski definition) is 1. The van der Waals surface area contributed by atoms with E-state index < -0.39 is 0 Å². The number of fused-ring (bicyclic) bond motifs is 1. The fraction of sp³-hybridized carbons (Fsp3) is 0.273. The molecule has 2 heterocycles. The van der Waals surface area contributed by atoms with Crippen molar-refractivity contribution < 1.29 is 9.18 Å². The van der Waals surface area contributed by atoms with Crippen LogP contribution in [0.5, 0.6) is 0 Å².